The van der Waals surface area contributed by atoms with Crippen molar-refractivity contribution in [2.75, 3.05) is 0 Å². The van der Waals surface area contributed by atoms with E-state index in [1.807, 2.05) is 24.3 Å². The summed E-state index contributed by atoms with van der Waals surface area (Å²) < 4.78 is 27.4. The normalized spacial score (nSPS) is 11.6. The quantitative estimate of drug-likeness (QED) is 0.656. The Morgan fingerprint density at radius 1 is 0.875 bits per heavy atom. The summed E-state index contributed by atoms with van der Waals surface area (Å²) in [6.45, 7) is 0. The Balaban J connectivity index is 2.49. The van der Waals surface area contributed by atoms with E-state index in [0.717, 1.165) is 16.4 Å². The molecule has 1 aromatic heterocycles. The Morgan fingerprint density at radius 2 is 1.62 bits per heavy atom. The van der Waals surface area contributed by atoms with Crippen LogP contribution in [0.3, 0.4) is 0 Å². The lowest BCUT2D eigenvalue weighted by atomic mass is 10.1. The molecule has 3 aromatic rings. The topological polar surface area (TPSA) is 47.3 Å². The second-order valence-corrected chi connectivity index (χ2v) is 4.57. The Labute approximate surface area is 93.2 Å². The van der Waals surface area contributed by atoms with E-state index < -0.39 is 10.7 Å². The maximum Gasteiger partial charge on any atom is 0.168 e. The second kappa shape index (κ2) is 3.35. The molecule has 0 spiro atoms. The number of fused-ring (bicyclic) bond motifs is 3. The van der Waals surface area contributed by atoms with E-state index in [1.54, 1.807) is 18.2 Å². The molecule has 0 unspecified atom stereocenters. The van der Waals surface area contributed by atoms with E-state index in [0.29, 0.717) is 10.5 Å². The lowest BCUT2D eigenvalue weighted by Crippen LogP contribution is -1.78. The van der Waals surface area contributed by atoms with Crippen molar-refractivity contribution >= 4 is 32.6 Å². The van der Waals surface area contributed by atoms with Crippen LogP contribution in [-0.2, 0) is 10.7 Å². The molecule has 0 amide bonds. The maximum atomic E-state index is 10.9. The molecular weight excluding hydrogens is 224 g/mol. The molecule has 16 heavy (non-hydrogen) atoms. The van der Waals surface area contributed by atoms with Gasteiger partial charge in [0.05, 0.1) is 4.90 Å². The van der Waals surface area contributed by atoms with Gasteiger partial charge in [-0.2, -0.15) is 0 Å². The van der Waals surface area contributed by atoms with E-state index in [4.69, 9.17) is 4.42 Å². The molecule has 0 atom stereocenters. The van der Waals surface area contributed by atoms with Gasteiger partial charge in [0.15, 0.2) is 10.7 Å². The molecule has 0 radical (unpaired) electrons. The fourth-order valence-corrected chi connectivity index (χ4v) is 2.26. The summed E-state index contributed by atoms with van der Waals surface area (Å²) in [7, 11) is -2.55. The highest BCUT2D eigenvalue weighted by Crippen LogP contribution is 2.29. The minimum atomic E-state index is -2.55. The molecule has 80 valence electrons. The summed E-state index contributed by atoms with van der Waals surface area (Å²) in [5.41, 5.74) is 1.48. The number of thiol groups is 1. The monoisotopic (exact) mass is 232 g/mol. The van der Waals surface area contributed by atoms with Gasteiger partial charge in [-0.1, -0.05) is 18.2 Å². The molecule has 0 bridgehead atoms. The molecule has 3 rings (SSSR count). The molecular formula is C12H8O3S. The van der Waals surface area contributed by atoms with Gasteiger partial charge in [0.25, 0.3) is 0 Å². The Kier molecular flexibility index (Phi) is 1.97. The second-order valence-electron chi connectivity index (χ2n) is 3.54. The van der Waals surface area contributed by atoms with Crippen LogP contribution < -0.4 is 0 Å². The molecule has 0 aliphatic carbocycles. The van der Waals surface area contributed by atoms with Crippen LogP contribution in [0.4, 0.5) is 0 Å². The van der Waals surface area contributed by atoms with Gasteiger partial charge in [0, 0.05) is 10.8 Å². The smallest absolute Gasteiger partial charge is 0.168 e. The maximum absolute atomic E-state index is 10.9. The SMILES string of the molecule is O=[SH](=O)c1ccc2oc3ccccc3c2c1. The van der Waals surface area contributed by atoms with Crippen LogP contribution >= 0.6 is 0 Å². The first-order valence-corrected chi connectivity index (χ1v) is 5.99. The summed E-state index contributed by atoms with van der Waals surface area (Å²) in [4.78, 5) is 0.314. The fourth-order valence-electron chi connectivity index (χ4n) is 1.83. The largest absolute Gasteiger partial charge is 0.456 e. The van der Waals surface area contributed by atoms with Gasteiger partial charge < -0.3 is 4.42 Å². The zero-order valence-corrected chi connectivity index (χ0v) is 9.11. The summed E-state index contributed by atoms with van der Waals surface area (Å²) >= 11 is 0. The molecule has 3 nitrogen and oxygen atoms in total. The number of hydrogen-bond donors (Lipinski definition) is 1. The molecule has 0 saturated carbocycles. The zero-order valence-electron chi connectivity index (χ0n) is 8.21. The number of para-hydroxylation sites is 1. The van der Waals surface area contributed by atoms with Crippen LogP contribution in [0.2, 0.25) is 0 Å². The van der Waals surface area contributed by atoms with Crippen LogP contribution in [0, 0.1) is 0 Å². The molecule has 4 heteroatoms. The van der Waals surface area contributed by atoms with Crippen molar-refractivity contribution in [1.82, 2.24) is 0 Å². The Bertz CT molecular complexity index is 745. The zero-order chi connectivity index (χ0) is 11.1. The number of furan rings is 1. The minimum absolute atomic E-state index is 0.314. The summed E-state index contributed by atoms with van der Waals surface area (Å²) in [6.07, 6.45) is 0. The third kappa shape index (κ3) is 1.31. The van der Waals surface area contributed by atoms with Crippen LogP contribution in [0.5, 0.6) is 0 Å². The van der Waals surface area contributed by atoms with Gasteiger partial charge in [-0.05, 0) is 24.3 Å². The van der Waals surface area contributed by atoms with E-state index in [2.05, 4.69) is 0 Å². The van der Waals surface area contributed by atoms with Gasteiger partial charge in [-0.3, -0.25) is 0 Å². The third-order valence-electron chi connectivity index (χ3n) is 2.57. The molecule has 0 aliphatic rings. The van der Waals surface area contributed by atoms with E-state index >= 15 is 0 Å². The lowest BCUT2D eigenvalue weighted by Gasteiger charge is -1.90. The molecule has 2 aromatic carbocycles. The average molecular weight is 232 g/mol. The summed E-state index contributed by atoms with van der Waals surface area (Å²) in [6, 6.07) is 12.5. The first-order chi connectivity index (χ1) is 7.75. The van der Waals surface area contributed by atoms with Gasteiger partial charge in [0.1, 0.15) is 11.2 Å². The molecule has 0 saturated heterocycles. The van der Waals surface area contributed by atoms with E-state index in [9.17, 15) is 8.42 Å². The Hall–Kier alpha value is -1.81. The van der Waals surface area contributed by atoms with Gasteiger partial charge in [-0.15, -0.1) is 0 Å². The van der Waals surface area contributed by atoms with Crippen molar-refractivity contribution in [2.45, 2.75) is 4.90 Å². The highest BCUT2D eigenvalue weighted by Gasteiger charge is 2.07. The van der Waals surface area contributed by atoms with Gasteiger partial charge in [-0.25, -0.2) is 8.42 Å². The highest BCUT2D eigenvalue weighted by molar-refractivity contribution is 7.72. The van der Waals surface area contributed by atoms with Crippen molar-refractivity contribution in [3.63, 3.8) is 0 Å². The summed E-state index contributed by atoms with van der Waals surface area (Å²) in [5, 5.41) is 1.78. The van der Waals surface area contributed by atoms with Gasteiger partial charge >= 0.3 is 0 Å². The lowest BCUT2D eigenvalue weighted by molar-refractivity contribution is 0.614. The standard InChI is InChI=1S/C12H8O3S/c13-16(14)8-5-6-12-10(7-8)9-3-1-2-4-11(9)15-12/h1-7,16H. The van der Waals surface area contributed by atoms with E-state index in [-0.39, 0.29) is 0 Å². The third-order valence-corrected chi connectivity index (χ3v) is 3.27. The van der Waals surface area contributed by atoms with Crippen LogP contribution in [-0.4, -0.2) is 8.42 Å². The van der Waals surface area contributed by atoms with Crippen LogP contribution in [0.1, 0.15) is 0 Å². The number of hydrogen-bond acceptors (Lipinski definition) is 3. The minimum Gasteiger partial charge on any atom is -0.456 e. The fraction of sp³-hybridized carbons (Fsp3) is 0. The van der Waals surface area contributed by atoms with Crippen molar-refractivity contribution in [2.24, 2.45) is 0 Å². The van der Waals surface area contributed by atoms with E-state index in [1.165, 1.54) is 0 Å². The predicted molar refractivity (Wildman–Crippen MR) is 62.3 cm³/mol. The first-order valence-electron chi connectivity index (χ1n) is 4.81. The highest BCUT2D eigenvalue weighted by atomic mass is 32.2. The molecule has 0 N–H and O–H groups in total. The Morgan fingerprint density at radius 3 is 2.44 bits per heavy atom. The van der Waals surface area contributed by atoms with Crippen molar-refractivity contribution in [3.8, 4) is 0 Å². The predicted octanol–water partition coefficient (Wildman–Crippen LogP) is 2.56. The van der Waals surface area contributed by atoms with Crippen molar-refractivity contribution in [3.05, 3.63) is 42.5 Å². The van der Waals surface area contributed by atoms with Crippen molar-refractivity contribution < 1.29 is 12.8 Å². The van der Waals surface area contributed by atoms with Gasteiger partial charge in [0.2, 0.25) is 0 Å². The molecule has 0 aliphatic heterocycles. The first kappa shape index (κ1) is 9.42. The molecule has 1 heterocycles. The van der Waals surface area contributed by atoms with Crippen LogP contribution in [0.15, 0.2) is 51.8 Å². The average Bonchev–Trinajstić information content (AvgIpc) is 2.66. The number of rotatable bonds is 1. The molecule has 0 fully saturated rings. The van der Waals surface area contributed by atoms with Crippen molar-refractivity contribution in [1.29, 1.82) is 0 Å². The van der Waals surface area contributed by atoms with Crippen LogP contribution in [0.25, 0.3) is 21.9 Å². The summed E-state index contributed by atoms with van der Waals surface area (Å²) in [5.74, 6) is 0. The number of benzene rings is 2.